The Morgan fingerprint density at radius 3 is 2.56 bits per heavy atom. The number of amides is 2. The second-order valence-electron chi connectivity index (χ2n) is 4.96. The van der Waals surface area contributed by atoms with Crippen molar-refractivity contribution in [3.8, 4) is 5.75 Å². The Labute approximate surface area is 150 Å². The Bertz CT molecular complexity index is 760. The Balaban J connectivity index is 1.78. The Morgan fingerprint density at radius 2 is 1.88 bits per heavy atom. The normalized spacial score (nSPS) is 10.5. The third-order valence-electron chi connectivity index (χ3n) is 3.12. The van der Waals surface area contributed by atoms with Crippen LogP contribution in [0, 0.1) is 0 Å². The van der Waals surface area contributed by atoms with E-state index < -0.39 is 11.8 Å². The van der Waals surface area contributed by atoms with Crippen molar-refractivity contribution in [2.75, 3.05) is 13.2 Å². The van der Waals surface area contributed by atoms with Crippen molar-refractivity contribution in [2.24, 2.45) is 5.10 Å². The van der Waals surface area contributed by atoms with Gasteiger partial charge in [0.1, 0.15) is 5.75 Å². The topological polar surface area (TPSA) is 79.8 Å². The van der Waals surface area contributed by atoms with Crippen LogP contribution in [-0.4, -0.2) is 31.2 Å². The zero-order valence-electron chi connectivity index (χ0n) is 13.7. The molecule has 130 valence electrons. The third-order valence-corrected chi connectivity index (χ3v) is 3.45. The molecule has 2 aromatic rings. The summed E-state index contributed by atoms with van der Waals surface area (Å²) in [5, 5.41) is 6.65. The highest BCUT2D eigenvalue weighted by Crippen LogP contribution is 2.14. The first-order chi connectivity index (χ1) is 12.1. The molecule has 0 aromatic heterocycles. The van der Waals surface area contributed by atoms with Gasteiger partial charge in [0.25, 0.3) is 11.8 Å². The number of rotatable bonds is 7. The SMILES string of the molecule is CCOc1ccc(/C=N/NC(=O)CNC(=O)c2ccccc2Cl)cc1. The molecule has 2 rings (SSSR count). The number of hydrogen-bond donors (Lipinski definition) is 2. The molecule has 0 atom stereocenters. The van der Waals surface area contributed by atoms with Crippen LogP contribution >= 0.6 is 11.6 Å². The molecule has 0 aliphatic heterocycles. The van der Waals surface area contributed by atoms with E-state index in [4.69, 9.17) is 16.3 Å². The van der Waals surface area contributed by atoms with Crippen LogP contribution < -0.4 is 15.5 Å². The summed E-state index contributed by atoms with van der Waals surface area (Å²) < 4.78 is 5.34. The van der Waals surface area contributed by atoms with Gasteiger partial charge in [-0.05, 0) is 48.9 Å². The van der Waals surface area contributed by atoms with Crippen molar-refractivity contribution in [2.45, 2.75) is 6.92 Å². The van der Waals surface area contributed by atoms with Gasteiger partial charge in [-0.3, -0.25) is 9.59 Å². The smallest absolute Gasteiger partial charge is 0.259 e. The summed E-state index contributed by atoms with van der Waals surface area (Å²) in [4.78, 5) is 23.6. The summed E-state index contributed by atoms with van der Waals surface area (Å²) in [6.07, 6.45) is 1.50. The maximum Gasteiger partial charge on any atom is 0.259 e. The van der Waals surface area contributed by atoms with Gasteiger partial charge in [-0.15, -0.1) is 0 Å². The molecule has 2 aromatic carbocycles. The quantitative estimate of drug-likeness (QED) is 0.589. The highest BCUT2D eigenvalue weighted by molar-refractivity contribution is 6.33. The Morgan fingerprint density at radius 1 is 1.16 bits per heavy atom. The molecule has 0 aliphatic carbocycles. The molecule has 0 radical (unpaired) electrons. The number of nitrogens with zero attached hydrogens (tertiary/aromatic N) is 1. The number of benzene rings is 2. The van der Waals surface area contributed by atoms with Gasteiger partial charge in [-0.1, -0.05) is 23.7 Å². The number of hydrazone groups is 1. The minimum absolute atomic E-state index is 0.204. The van der Waals surface area contributed by atoms with Crippen LogP contribution in [0.4, 0.5) is 0 Å². The van der Waals surface area contributed by atoms with E-state index in [0.29, 0.717) is 17.2 Å². The third kappa shape index (κ3) is 5.93. The largest absolute Gasteiger partial charge is 0.494 e. The number of nitrogens with one attached hydrogen (secondary N) is 2. The molecule has 7 heteroatoms. The fourth-order valence-electron chi connectivity index (χ4n) is 1.94. The molecule has 0 bridgehead atoms. The number of hydrogen-bond acceptors (Lipinski definition) is 4. The molecule has 0 saturated carbocycles. The fourth-order valence-corrected chi connectivity index (χ4v) is 2.16. The van der Waals surface area contributed by atoms with Crippen LogP contribution in [0.5, 0.6) is 5.75 Å². The molecule has 25 heavy (non-hydrogen) atoms. The summed E-state index contributed by atoms with van der Waals surface area (Å²) in [5.41, 5.74) is 3.47. The van der Waals surface area contributed by atoms with E-state index in [1.54, 1.807) is 24.3 Å². The number of halogens is 1. The molecule has 0 unspecified atom stereocenters. The van der Waals surface area contributed by atoms with Crippen LogP contribution in [0.25, 0.3) is 0 Å². The molecule has 6 nitrogen and oxygen atoms in total. The zero-order chi connectivity index (χ0) is 18.1. The molecular weight excluding hydrogens is 342 g/mol. The lowest BCUT2D eigenvalue weighted by molar-refractivity contribution is -0.120. The van der Waals surface area contributed by atoms with Gasteiger partial charge in [0.05, 0.1) is 30.0 Å². The van der Waals surface area contributed by atoms with E-state index in [-0.39, 0.29) is 6.54 Å². The monoisotopic (exact) mass is 359 g/mol. The molecule has 2 N–H and O–H groups in total. The van der Waals surface area contributed by atoms with Crippen molar-refractivity contribution < 1.29 is 14.3 Å². The number of carbonyl (C=O) groups excluding carboxylic acids is 2. The van der Waals surface area contributed by atoms with Crippen molar-refractivity contribution >= 4 is 29.6 Å². The van der Waals surface area contributed by atoms with Gasteiger partial charge in [-0.2, -0.15) is 5.10 Å². The first-order valence-electron chi connectivity index (χ1n) is 7.67. The summed E-state index contributed by atoms with van der Waals surface area (Å²) in [7, 11) is 0. The van der Waals surface area contributed by atoms with E-state index in [2.05, 4.69) is 15.8 Å². The second-order valence-corrected chi connectivity index (χ2v) is 5.36. The summed E-state index contributed by atoms with van der Waals surface area (Å²) in [5.74, 6) is -0.0928. The minimum atomic E-state index is -0.442. The maximum absolute atomic E-state index is 11.9. The first-order valence-corrected chi connectivity index (χ1v) is 8.05. The van der Waals surface area contributed by atoms with E-state index in [0.717, 1.165) is 11.3 Å². The second kappa shape index (κ2) is 9.44. The van der Waals surface area contributed by atoms with Crippen LogP contribution in [0.2, 0.25) is 5.02 Å². The number of ether oxygens (including phenoxy) is 1. The summed E-state index contributed by atoms with van der Waals surface area (Å²) in [6.45, 7) is 2.31. The zero-order valence-corrected chi connectivity index (χ0v) is 14.4. The first kappa shape index (κ1) is 18.5. The van der Waals surface area contributed by atoms with Crippen molar-refractivity contribution in [3.05, 3.63) is 64.7 Å². The highest BCUT2D eigenvalue weighted by Gasteiger charge is 2.10. The van der Waals surface area contributed by atoms with Crippen LogP contribution in [0.1, 0.15) is 22.8 Å². The maximum atomic E-state index is 11.9. The lowest BCUT2D eigenvalue weighted by atomic mass is 10.2. The Hall–Kier alpha value is -2.86. The van der Waals surface area contributed by atoms with Gasteiger partial charge in [0, 0.05) is 0 Å². The van der Waals surface area contributed by atoms with E-state index in [1.807, 2.05) is 31.2 Å². The predicted octanol–water partition coefficient (Wildman–Crippen LogP) is 2.62. The van der Waals surface area contributed by atoms with E-state index >= 15 is 0 Å². The van der Waals surface area contributed by atoms with Crippen LogP contribution in [0.15, 0.2) is 53.6 Å². The molecular formula is C18H18ClN3O3. The van der Waals surface area contributed by atoms with Gasteiger partial charge >= 0.3 is 0 Å². The minimum Gasteiger partial charge on any atom is -0.494 e. The van der Waals surface area contributed by atoms with Crippen LogP contribution in [-0.2, 0) is 4.79 Å². The molecule has 0 heterocycles. The standard InChI is InChI=1S/C18H18ClN3O3/c1-2-25-14-9-7-13(8-10-14)11-21-22-17(23)12-20-18(24)15-5-3-4-6-16(15)19/h3-11H,2,12H2,1H3,(H,20,24)(H,22,23)/b21-11+. The molecule has 0 saturated heterocycles. The average Bonchev–Trinajstić information content (AvgIpc) is 2.62. The lowest BCUT2D eigenvalue weighted by Crippen LogP contribution is -2.35. The molecule has 0 spiro atoms. The van der Waals surface area contributed by atoms with E-state index in [1.165, 1.54) is 6.21 Å². The molecule has 0 aliphatic rings. The highest BCUT2D eigenvalue weighted by atomic mass is 35.5. The lowest BCUT2D eigenvalue weighted by Gasteiger charge is -2.05. The van der Waals surface area contributed by atoms with Gasteiger partial charge < -0.3 is 10.1 Å². The summed E-state index contributed by atoms with van der Waals surface area (Å²) >= 11 is 5.92. The Kier molecular flexibility index (Phi) is 6.98. The van der Waals surface area contributed by atoms with Crippen molar-refractivity contribution in [1.29, 1.82) is 0 Å². The summed E-state index contributed by atoms with van der Waals surface area (Å²) in [6, 6.07) is 13.9. The van der Waals surface area contributed by atoms with Crippen LogP contribution in [0.3, 0.4) is 0 Å². The average molecular weight is 360 g/mol. The fraction of sp³-hybridized carbons (Fsp3) is 0.167. The number of carbonyl (C=O) groups is 2. The molecule has 0 fully saturated rings. The molecule has 2 amide bonds. The van der Waals surface area contributed by atoms with Gasteiger partial charge in [0.15, 0.2) is 0 Å². The predicted molar refractivity (Wildman–Crippen MR) is 97.1 cm³/mol. The van der Waals surface area contributed by atoms with Crippen molar-refractivity contribution in [3.63, 3.8) is 0 Å². The van der Waals surface area contributed by atoms with Crippen molar-refractivity contribution in [1.82, 2.24) is 10.7 Å². The van der Waals surface area contributed by atoms with E-state index in [9.17, 15) is 9.59 Å². The van der Waals surface area contributed by atoms with Gasteiger partial charge in [-0.25, -0.2) is 5.43 Å². The van der Waals surface area contributed by atoms with Gasteiger partial charge in [0.2, 0.25) is 0 Å².